The highest BCUT2D eigenvalue weighted by molar-refractivity contribution is 9.11. The van der Waals surface area contributed by atoms with Gasteiger partial charge >= 0.3 is 0 Å². The monoisotopic (exact) mass is 430 g/mol. The molecule has 1 heterocycles. The summed E-state index contributed by atoms with van der Waals surface area (Å²) in [5, 5.41) is 4.31. The van der Waals surface area contributed by atoms with Crippen LogP contribution in [0.3, 0.4) is 0 Å². The maximum Gasteiger partial charge on any atom is 0.0622 e. The van der Waals surface area contributed by atoms with E-state index in [1.165, 1.54) is 5.56 Å². The topological polar surface area (TPSA) is 24.9 Å². The van der Waals surface area contributed by atoms with Gasteiger partial charge in [0, 0.05) is 27.4 Å². The lowest BCUT2D eigenvalue weighted by Crippen LogP contribution is -2.24. The summed E-state index contributed by atoms with van der Waals surface area (Å²) in [6, 6.07) is 8.43. The van der Waals surface area contributed by atoms with Gasteiger partial charge in [-0.1, -0.05) is 50.4 Å². The first kappa shape index (κ1) is 16.9. The maximum atomic E-state index is 6.25. The van der Waals surface area contributed by atoms with Gasteiger partial charge in [0.2, 0.25) is 0 Å². The van der Waals surface area contributed by atoms with E-state index in [2.05, 4.69) is 61.2 Å². The summed E-state index contributed by atoms with van der Waals surface area (Å²) in [4.78, 5) is 4.05. The van der Waals surface area contributed by atoms with E-state index in [1.54, 1.807) is 12.4 Å². The lowest BCUT2D eigenvalue weighted by molar-refractivity contribution is 0.527. The number of nitrogens with one attached hydrogen (secondary N) is 1. The molecule has 0 radical (unpaired) electrons. The number of hydrogen-bond acceptors (Lipinski definition) is 2. The number of hydrogen-bond donors (Lipinski definition) is 1. The second-order valence-electron chi connectivity index (χ2n) is 4.84. The zero-order chi connectivity index (χ0) is 15.2. The molecule has 2 rings (SSSR count). The number of pyridine rings is 1. The van der Waals surface area contributed by atoms with Crippen LogP contribution in [0.2, 0.25) is 5.02 Å². The lowest BCUT2D eigenvalue weighted by Gasteiger charge is -2.21. The second-order valence-corrected chi connectivity index (χ2v) is 7.02. The van der Waals surface area contributed by atoms with Crippen molar-refractivity contribution < 1.29 is 0 Å². The van der Waals surface area contributed by atoms with Crippen molar-refractivity contribution in [2.24, 2.45) is 0 Å². The largest absolute Gasteiger partial charge is 0.310 e. The Morgan fingerprint density at radius 2 is 2.10 bits per heavy atom. The van der Waals surface area contributed by atoms with Crippen LogP contribution in [-0.2, 0) is 6.42 Å². The highest BCUT2D eigenvalue weighted by Gasteiger charge is 2.16. The molecule has 0 amide bonds. The molecule has 1 N–H and O–H groups in total. The molecule has 0 bridgehead atoms. The van der Waals surface area contributed by atoms with E-state index >= 15 is 0 Å². The van der Waals surface area contributed by atoms with Crippen molar-refractivity contribution in [3.05, 3.63) is 61.8 Å². The SMILES string of the molecule is CCCNC(Cc1ccncc1Cl)c1cc(Br)ccc1Br. The van der Waals surface area contributed by atoms with Gasteiger partial charge in [0.15, 0.2) is 0 Å². The van der Waals surface area contributed by atoms with Gasteiger partial charge in [-0.15, -0.1) is 0 Å². The first-order chi connectivity index (χ1) is 10.1. The van der Waals surface area contributed by atoms with Crippen molar-refractivity contribution >= 4 is 43.5 Å². The average molecular weight is 433 g/mol. The van der Waals surface area contributed by atoms with Crippen LogP contribution in [0.25, 0.3) is 0 Å². The standard InChI is InChI=1S/C16H17Br2ClN2/c1-2-6-21-16(8-11-5-7-20-10-15(11)19)13-9-12(17)3-4-14(13)18/h3-5,7,9-10,16,21H,2,6,8H2,1H3. The Bertz CT molecular complexity index is 605. The maximum absolute atomic E-state index is 6.25. The zero-order valence-corrected chi connectivity index (χ0v) is 15.7. The third-order valence-electron chi connectivity index (χ3n) is 3.25. The highest BCUT2D eigenvalue weighted by atomic mass is 79.9. The van der Waals surface area contributed by atoms with Crippen LogP contribution in [-0.4, -0.2) is 11.5 Å². The minimum Gasteiger partial charge on any atom is -0.310 e. The van der Waals surface area contributed by atoms with Crippen molar-refractivity contribution in [2.75, 3.05) is 6.54 Å². The third kappa shape index (κ3) is 4.78. The van der Waals surface area contributed by atoms with Crippen LogP contribution in [0.5, 0.6) is 0 Å². The summed E-state index contributed by atoms with van der Waals surface area (Å²) in [6.45, 7) is 3.13. The summed E-state index contributed by atoms with van der Waals surface area (Å²) in [5.41, 5.74) is 2.33. The van der Waals surface area contributed by atoms with Crippen molar-refractivity contribution in [1.82, 2.24) is 10.3 Å². The summed E-state index contributed by atoms with van der Waals surface area (Å²) >= 11 is 13.4. The van der Waals surface area contributed by atoms with Crippen LogP contribution in [0.15, 0.2) is 45.6 Å². The Morgan fingerprint density at radius 3 is 2.81 bits per heavy atom. The lowest BCUT2D eigenvalue weighted by atomic mass is 9.99. The van der Waals surface area contributed by atoms with Gasteiger partial charge in [0.05, 0.1) is 5.02 Å². The number of benzene rings is 1. The average Bonchev–Trinajstić information content (AvgIpc) is 2.48. The van der Waals surface area contributed by atoms with Crippen molar-refractivity contribution in [2.45, 2.75) is 25.8 Å². The van der Waals surface area contributed by atoms with Gasteiger partial charge in [0.1, 0.15) is 0 Å². The summed E-state index contributed by atoms with van der Waals surface area (Å²) in [7, 11) is 0. The zero-order valence-electron chi connectivity index (χ0n) is 11.7. The predicted molar refractivity (Wildman–Crippen MR) is 95.8 cm³/mol. The minimum absolute atomic E-state index is 0.205. The van der Waals surface area contributed by atoms with Crippen LogP contribution < -0.4 is 5.32 Å². The molecule has 1 unspecified atom stereocenters. The number of aromatic nitrogens is 1. The Labute approximate surface area is 147 Å². The summed E-state index contributed by atoms with van der Waals surface area (Å²) in [5.74, 6) is 0. The molecule has 1 aromatic carbocycles. The minimum atomic E-state index is 0.205. The Balaban J connectivity index is 2.30. The molecule has 5 heteroatoms. The van der Waals surface area contributed by atoms with Gasteiger partial charge < -0.3 is 5.32 Å². The molecule has 2 aromatic rings. The molecule has 0 aliphatic heterocycles. The van der Waals surface area contributed by atoms with Crippen LogP contribution in [0, 0.1) is 0 Å². The van der Waals surface area contributed by atoms with Crippen LogP contribution >= 0.6 is 43.5 Å². The first-order valence-corrected chi connectivity index (χ1v) is 8.85. The quantitative estimate of drug-likeness (QED) is 0.648. The molecule has 21 heavy (non-hydrogen) atoms. The highest BCUT2D eigenvalue weighted by Crippen LogP contribution is 2.30. The molecule has 2 nitrogen and oxygen atoms in total. The molecule has 1 atom stereocenters. The molecule has 0 aliphatic rings. The van der Waals surface area contributed by atoms with Crippen LogP contribution in [0.4, 0.5) is 0 Å². The molecule has 0 saturated heterocycles. The van der Waals surface area contributed by atoms with Gasteiger partial charge in [0.25, 0.3) is 0 Å². The Hall–Kier alpha value is -0.420. The van der Waals surface area contributed by atoms with Crippen molar-refractivity contribution in [3.8, 4) is 0 Å². The third-order valence-corrected chi connectivity index (χ3v) is 4.81. The fourth-order valence-electron chi connectivity index (χ4n) is 2.18. The van der Waals surface area contributed by atoms with Crippen molar-refractivity contribution in [1.29, 1.82) is 0 Å². The van der Waals surface area contributed by atoms with E-state index in [9.17, 15) is 0 Å². The second kappa shape index (κ2) is 8.28. The van der Waals surface area contributed by atoms with Gasteiger partial charge in [-0.2, -0.15) is 0 Å². The molecule has 1 aromatic heterocycles. The van der Waals surface area contributed by atoms with E-state index < -0.39 is 0 Å². The summed E-state index contributed by atoms with van der Waals surface area (Å²) < 4.78 is 2.18. The van der Waals surface area contributed by atoms with E-state index in [1.807, 2.05) is 12.1 Å². The van der Waals surface area contributed by atoms with Crippen LogP contribution in [0.1, 0.15) is 30.5 Å². The molecular weight excluding hydrogens is 415 g/mol. The smallest absolute Gasteiger partial charge is 0.0622 e. The van der Waals surface area contributed by atoms with Crippen molar-refractivity contribution in [3.63, 3.8) is 0 Å². The fourth-order valence-corrected chi connectivity index (χ4v) is 3.28. The number of rotatable bonds is 6. The van der Waals surface area contributed by atoms with Gasteiger partial charge in [-0.05, 0) is 54.8 Å². The van der Waals surface area contributed by atoms with E-state index in [4.69, 9.17) is 11.6 Å². The number of halogens is 3. The van der Waals surface area contributed by atoms with Gasteiger partial charge in [-0.25, -0.2) is 0 Å². The van der Waals surface area contributed by atoms with Gasteiger partial charge in [-0.3, -0.25) is 4.98 Å². The normalized spacial score (nSPS) is 12.4. The Kier molecular flexibility index (Phi) is 6.68. The Morgan fingerprint density at radius 1 is 1.29 bits per heavy atom. The van der Waals surface area contributed by atoms with E-state index in [-0.39, 0.29) is 6.04 Å². The summed E-state index contributed by atoms with van der Waals surface area (Å²) in [6.07, 6.45) is 5.40. The first-order valence-electron chi connectivity index (χ1n) is 6.88. The molecule has 0 saturated carbocycles. The molecule has 0 spiro atoms. The number of nitrogens with zero attached hydrogens (tertiary/aromatic N) is 1. The molecule has 0 aliphatic carbocycles. The van der Waals surface area contributed by atoms with E-state index in [0.29, 0.717) is 5.02 Å². The van der Waals surface area contributed by atoms with E-state index in [0.717, 1.165) is 33.9 Å². The fraction of sp³-hybridized carbons (Fsp3) is 0.312. The predicted octanol–water partition coefficient (Wildman–Crippen LogP) is 5.54. The molecule has 0 fully saturated rings. The molecular formula is C16H17Br2ClN2. The molecule has 112 valence electrons.